The van der Waals surface area contributed by atoms with Crippen LogP contribution in [0.15, 0.2) is 48.5 Å². The highest BCUT2D eigenvalue weighted by molar-refractivity contribution is 5.43. The molecule has 2 aromatic rings. The summed E-state index contributed by atoms with van der Waals surface area (Å²) in [7, 11) is 0. The van der Waals surface area contributed by atoms with Crippen molar-refractivity contribution in [3.8, 4) is 11.5 Å². The van der Waals surface area contributed by atoms with Crippen LogP contribution in [0.3, 0.4) is 0 Å². The zero-order valence-corrected chi connectivity index (χ0v) is 19.4. The van der Waals surface area contributed by atoms with Gasteiger partial charge in [0.25, 0.3) is 0 Å². The van der Waals surface area contributed by atoms with E-state index in [2.05, 4.69) is 13.8 Å². The van der Waals surface area contributed by atoms with Gasteiger partial charge in [0.1, 0.15) is 23.8 Å². The third-order valence-electron chi connectivity index (χ3n) is 5.86. The standard InChI is InChI=1S/C28H40F2O/c1-3-5-7-9-11-19-25(29)23-17-13-15-21-27(23)31-28-22-16-14-18-24(28)26(30)20-12-10-8-6-4-2/h13-18,21-22,25-26H,3-12,19-20H2,1-2H3. The summed E-state index contributed by atoms with van der Waals surface area (Å²) >= 11 is 0. The van der Waals surface area contributed by atoms with Crippen LogP contribution in [-0.2, 0) is 0 Å². The minimum atomic E-state index is -1.07. The lowest BCUT2D eigenvalue weighted by Crippen LogP contribution is -2.00. The quantitative estimate of drug-likeness (QED) is 0.241. The van der Waals surface area contributed by atoms with E-state index in [9.17, 15) is 8.78 Å². The fourth-order valence-electron chi connectivity index (χ4n) is 3.95. The molecule has 1 nitrogen and oxygen atoms in total. The number of hydrogen-bond acceptors (Lipinski definition) is 1. The van der Waals surface area contributed by atoms with Crippen LogP contribution in [0.1, 0.15) is 114 Å². The van der Waals surface area contributed by atoms with Crippen LogP contribution >= 0.6 is 0 Å². The summed E-state index contributed by atoms with van der Waals surface area (Å²) in [6, 6.07) is 14.5. The normalized spacial score (nSPS) is 13.2. The van der Waals surface area contributed by atoms with E-state index in [0.29, 0.717) is 35.5 Å². The second kappa shape index (κ2) is 15.0. The summed E-state index contributed by atoms with van der Waals surface area (Å²) < 4.78 is 36.1. The van der Waals surface area contributed by atoms with E-state index >= 15 is 0 Å². The third-order valence-corrected chi connectivity index (χ3v) is 5.86. The van der Waals surface area contributed by atoms with Gasteiger partial charge in [-0.2, -0.15) is 0 Å². The molecule has 2 unspecified atom stereocenters. The highest BCUT2D eigenvalue weighted by atomic mass is 19.1. The zero-order valence-electron chi connectivity index (χ0n) is 19.4. The van der Waals surface area contributed by atoms with Gasteiger partial charge in [0.15, 0.2) is 0 Å². The molecule has 0 fully saturated rings. The summed E-state index contributed by atoms with van der Waals surface area (Å²) in [6.45, 7) is 4.36. The Hall–Kier alpha value is -1.90. The molecule has 0 aliphatic carbocycles. The van der Waals surface area contributed by atoms with E-state index in [1.807, 2.05) is 24.3 Å². The first kappa shape index (κ1) is 25.4. The molecule has 31 heavy (non-hydrogen) atoms. The van der Waals surface area contributed by atoms with E-state index in [1.54, 1.807) is 24.3 Å². The molecule has 0 spiro atoms. The van der Waals surface area contributed by atoms with Crippen molar-refractivity contribution >= 4 is 0 Å². The molecule has 0 aliphatic rings. The highest BCUT2D eigenvalue weighted by Crippen LogP contribution is 2.38. The van der Waals surface area contributed by atoms with Crippen LogP contribution < -0.4 is 4.74 Å². The number of alkyl halides is 2. The Morgan fingerprint density at radius 1 is 0.581 bits per heavy atom. The van der Waals surface area contributed by atoms with E-state index in [0.717, 1.165) is 38.5 Å². The molecule has 0 N–H and O–H groups in total. The van der Waals surface area contributed by atoms with Gasteiger partial charge >= 0.3 is 0 Å². The van der Waals surface area contributed by atoms with Gasteiger partial charge in [-0.1, -0.05) is 114 Å². The first-order valence-corrected chi connectivity index (χ1v) is 12.3. The van der Waals surface area contributed by atoms with Crippen molar-refractivity contribution in [3.63, 3.8) is 0 Å². The van der Waals surface area contributed by atoms with Crippen molar-refractivity contribution in [2.75, 3.05) is 0 Å². The lowest BCUT2D eigenvalue weighted by Gasteiger charge is -2.18. The van der Waals surface area contributed by atoms with Gasteiger partial charge in [-0.3, -0.25) is 0 Å². The summed E-state index contributed by atoms with van der Waals surface area (Å²) in [6.07, 6.45) is 9.81. The van der Waals surface area contributed by atoms with Crippen LogP contribution in [0.25, 0.3) is 0 Å². The van der Waals surface area contributed by atoms with Crippen LogP contribution in [0.2, 0.25) is 0 Å². The number of ether oxygens (including phenoxy) is 1. The largest absolute Gasteiger partial charge is 0.457 e. The zero-order chi connectivity index (χ0) is 22.3. The predicted octanol–water partition coefficient (Wildman–Crippen LogP) is 10.2. The summed E-state index contributed by atoms with van der Waals surface area (Å²) in [5.41, 5.74) is 1.12. The number of benzene rings is 2. The second-order valence-electron chi connectivity index (χ2n) is 8.52. The monoisotopic (exact) mass is 430 g/mol. The fourth-order valence-corrected chi connectivity index (χ4v) is 3.95. The Labute approximate surface area is 188 Å². The Kier molecular flexibility index (Phi) is 12.3. The first-order chi connectivity index (χ1) is 15.2. The molecule has 0 amide bonds. The van der Waals surface area contributed by atoms with Crippen molar-refractivity contribution < 1.29 is 13.5 Å². The smallest absolute Gasteiger partial charge is 0.133 e. The van der Waals surface area contributed by atoms with E-state index in [-0.39, 0.29) is 0 Å². The molecule has 0 heterocycles. The molecule has 0 saturated carbocycles. The third kappa shape index (κ3) is 9.01. The maximum absolute atomic E-state index is 15.0. The second-order valence-corrected chi connectivity index (χ2v) is 8.52. The van der Waals surface area contributed by atoms with Gasteiger partial charge in [0.05, 0.1) is 0 Å². The molecule has 0 aromatic heterocycles. The van der Waals surface area contributed by atoms with Gasteiger partial charge in [-0.05, 0) is 25.0 Å². The van der Waals surface area contributed by atoms with Crippen LogP contribution in [0.5, 0.6) is 11.5 Å². The molecule has 0 radical (unpaired) electrons. The number of halogens is 2. The van der Waals surface area contributed by atoms with E-state index < -0.39 is 12.3 Å². The molecular weight excluding hydrogens is 390 g/mol. The molecular formula is C28H40F2O. The topological polar surface area (TPSA) is 9.23 Å². The van der Waals surface area contributed by atoms with E-state index in [4.69, 9.17) is 4.74 Å². The number of para-hydroxylation sites is 2. The van der Waals surface area contributed by atoms with Crippen LogP contribution in [0, 0.1) is 0 Å². The number of rotatable bonds is 16. The van der Waals surface area contributed by atoms with Crippen molar-refractivity contribution in [2.45, 2.75) is 103 Å². The van der Waals surface area contributed by atoms with E-state index in [1.165, 1.54) is 25.7 Å². The average Bonchev–Trinajstić information content (AvgIpc) is 2.79. The van der Waals surface area contributed by atoms with Gasteiger partial charge in [-0.15, -0.1) is 0 Å². The fraction of sp³-hybridized carbons (Fsp3) is 0.571. The number of hydrogen-bond donors (Lipinski definition) is 0. The Morgan fingerprint density at radius 2 is 0.968 bits per heavy atom. The maximum Gasteiger partial charge on any atom is 0.133 e. The van der Waals surface area contributed by atoms with Crippen molar-refractivity contribution in [3.05, 3.63) is 59.7 Å². The molecule has 2 rings (SSSR count). The van der Waals surface area contributed by atoms with Crippen molar-refractivity contribution in [2.24, 2.45) is 0 Å². The van der Waals surface area contributed by atoms with Crippen molar-refractivity contribution in [1.29, 1.82) is 0 Å². The highest BCUT2D eigenvalue weighted by Gasteiger charge is 2.19. The average molecular weight is 431 g/mol. The summed E-state index contributed by atoms with van der Waals surface area (Å²) in [5.74, 6) is 0.984. The molecule has 2 atom stereocenters. The van der Waals surface area contributed by atoms with Crippen molar-refractivity contribution in [1.82, 2.24) is 0 Å². The predicted molar refractivity (Wildman–Crippen MR) is 127 cm³/mol. The lowest BCUT2D eigenvalue weighted by molar-refractivity contribution is 0.295. The number of unbranched alkanes of at least 4 members (excludes halogenated alkanes) is 8. The molecule has 2 aromatic carbocycles. The summed E-state index contributed by atoms with van der Waals surface area (Å²) in [4.78, 5) is 0. The summed E-state index contributed by atoms with van der Waals surface area (Å²) in [5, 5.41) is 0. The van der Waals surface area contributed by atoms with Gasteiger partial charge in [0, 0.05) is 11.1 Å². The van der Waals surface area contributed by atoms with Crippen LogP contribution in [0.4, 0.5) is 8.78 Å². The Balaban J connectivity index is 2.01. The van der Waals surface area contributed by atoms with Gasteiger partial charge in [0.2, 0.25) is 0 Å². The van der Waals surface area contributed by atoms with Gasteiger partial charge in [-0.25, -0.2) is 8.78 Å². The lowest BCUT2D eigenvalue weighted by atomic mass is 10.0. The Morgan fingerprint density at radius 3 is 1.39 bits per heavy atom. The minimum absolute atomic E-state index is 0.492. The maximum atomic E-state index is 15.0. The molecule has 0 aliphatic heterocycles. The molecule has 172 valence electrons. The molecule has 0 saturated heterocycles. The minimum Gasteiger partial charge on any atom is -0.457 e. The first-order valence-electron chi connectivity index (χ1n) is 12.3. The molecule has 0 bridgehead atoms. The SMILES string of the molecule is CCCCCCCC(F)c1ccccc1Oc1ccccc1C(F)CCCCCCC. The van der Waals surface area contributed by atoms with Gasteiger partial charge < -0.3 is 4.74 Å². The Bertz CT molecular complexity index is 669. The van der Waals surface area contributed by atoms with Crippen LogP contribution in [-0.4, -0.2) is 0 Å². The molecule has 3 heteroatoms.